The molecule has 1 amide bonds. The SMILES string of the molecule is CC(C)[C@H](NS(=O)(=O)c1ccccc1F)C(=O)NCc1ccnc(N2CCOCC2)c1. The van der Waals surface area contributed by atoms with Crippen LogP contribution < -0.4 is 14.9 Å². The van der Waals surface area contributed by atoms with Gasteiger partial charge in [0.1, 0.15) is 22.6 Å². The maximum Gasteiger partial charge on any atom is 0.244 e. The van der Waals surface area contributed by atoms with E-state index in [1.807, 2.05) is 6.07 Å². The van der Waals surface area contributed by atoms with Gasteiger partial charge in [-0.05, 0) is 35.7 Å². The molecule has 0 bridgehead atoms. The van der Waals surface area contributed by atoms with Crippen LogP contribution in [0.5, 0.6) is 0 Å². The summed E-state index contributed by atoms with van der Waals surface area (Å²) in [4.78, 5) is 18.8. The van der Waals surface area contributed by atoms with Gasteiger partial charge >= 0.3 is 0 Å². The normalized spacial score (nSPS) is 15.7. The second-order valence-corrected chi connectivity index (χ2v) is 9.30. The van der Waals surface area contributed by atoms with Crippen LogP contribution in [-0.2, 0) is 26.1 Å². The molecule has 0 spiro atoms. The predicted molar refractivity (Wildman–Crippen MR) is 114 cm³/mol. The van der Waals surface area contributed by atoms with Gasteiger partial charge in [-0.3, -0.25) is 4.79 Å². The van der Waals surface area contributed by atoms with Crippen molar-refractivity contribution in [3.8, 4) is 0 Å². The Hall–Kier alpha value is -2.56. The van der Waals surface area contributed by atoms with Gasteiger partial charge in [0, 0.05) is 25.8 Å². The molecule has 8 nitrogen and oxygen atoms in total. The summed E-state index contributed by atoms with van der Waals surface area (Å²) >= 11 is 0. The van der Waals surface area contributed by atoms with Gasteiger partial charge in [0.2, 0.25) is 15.9 Å². The van der Waals surface area contributed by atoms with Crippen LogP contribution in [0.4, 0.5) is 10.2 Å². The van der Waals surface area contributed by atoms with Crippen molar-refractivity contribution in [2.75, 3.05) is 31.2 Å². The highest BCUT2D eigenvalue weighted by molar-refractivity contribution is 7.89. The number of rotatable bonds is 8. The molecular formula is C21H27FN4O4S. The summed E-state index contributed by atoms with van der Waals surface area (Å²) in [5.74, 6) is -0.899. The Kier molecular flexibility index (Phi) is 7.58. The fourth-order valence-electron chi connectivity index (χ4n) is 3.22. The molecule has 0 radical (unpaired) electrons. The van der Waals surface area contributed by atoms with Gasteiger partial charge in [-0.15, -0.1) is 0 Å². The van der Waals surface area contributed by atoms with Gasteiger partial charge in [0.15, 0.2) is 0 Å². The van der Waals surface area contributed by atoms with E-state index in [0.29, 0.717) is 13.2 Å². The largest absolute Gasteiger partial charge is 0.378 e. The average Bonchev–Trinajstić information content (AvgIpc) is 2.76. The van der Waals surface area contributed by atoms with Gasteiger partial charge in [0.05, 0.1) is 13.2 Å². The van der Waals surface area contributed by atoms with Crippen LogP contribution >= 0.6 is 0 Å². The van der Waals surface area contributed by atoms with E-state index in [-0.39, 0.29) is 12.5 Å². The number of morpholine rings is 1. The molecule has 1 aliphatic rings. The number of hydrogen-bond acceptors (Lipinski definition) is 6. The quantitative estimate of drug-likeness (QED) is 0.635. The maximum absolute atomic E-state index is 14.0. The summed E-state index contributed by atoms with van der Waals surface area (Å²) < 4.78 is 46.9. The van der Waals surface area contributed by atoms with Crippen LogP contribution in [0.2, 0.25) is 0 Å². The first-order valence-electron chi connectivity index (χ1n) is 10.1. The van der Waals surface area contributed by atoms with Crippen LogP contribution in [0.15, 0.2) is 47.5 Å². The molecule has 10 heteroatoms. The van der Waals surface area contributed by atoms with E-state index in [1.165, 1.54) is 12.1 Å². The lowest BCUT2D eigenvalue weighted by atomic mass is 10.0. The Labute approximate surface area is 181 Å². The van der Waals surface area contributed by atoms with Crippen LogP contribution in [0.1, 0.15) is 19.4 Å². The standard InChI is InChI=1S/C21H27FN4O4S/c1-15(2)20(25-31(28,29)18-6-4-3-5-17(18)22)21(27)24-14-16-7-8-23-19(13-16)26-9-11-30-12-10-26/h3-8,13,15,20,25H,9-12,14H2,1-2H3,(H,24,27)/t20-/m0/s1. The lowest BCUT2D eigenvalue weighted by molar-refractivity contribution is -0.123. The van der Waals surface area contributed by atoms with Crippen molar-refractivity contribution in [3.05, 3.63) is 54.0 Å². The number of nitrogens with one attached hydrogen (secondary N) is 2. The van der Waals surface area contributed by atoms with Gasteiger partial charge in [-0.2, -0.15) is 4.72 Å². The van der Waals surface area contributed by atoms with Crippen molar-refractivity contribution in [2.24, 2.45) is 5.92 Å². The van der Waals surface area contributed by atoms with Crippen molar-refractivity contribution in [3.63, 3.8) is 0 Å². The highest BCUT2D eigenvalue weighted by Crippen LogP contribution is 2.17. The zero-order valence-electron chi connectivity index (χ0n) is 17.5. The molecule has 3 rings (SSSR count). The molecule has 1 saturated heterocycles. The molecule has 1 atom stereocenters. The number of pyridine rings is 1. The maximum atomic E-state index is 14.0. The lowest BCUT2D eigenvalue weighted by Crippen LogP contribution is -2.49. The van der Waals surface area contributed by atoms with Crippen LogP contribution in [0.25, 0.3) is 0 Å². The third-order valence-corrected chi connectivity index (χ3v) is 6.44. The third-order valence-electron chi connectivity index (χ3n) is 4.97. The molecule has 1 aromatic carbocycles. The van der Waals surface area contributed by atoms with Gasteiger partial charge in [0.25, 0.3) is 0 Å². The molecule has 1 fully saturated rings. The number of sulfonamides is 1. The number of carbonyl (C=O) groups excluding carboxylic acids is 1. The second-order valence-electron chi connectivity index (χ2n) is 7.61. The van der Waals surface area contributed by atoms with Gasteiger partial charge in [-0.25, -0.2) is 17.8 Å². The van der Waals surface area contributed by atoms with E-state index in [9.17, 15) is 17.6 Å². The number of benzene rings is 1. The highest BCUT2D eigenvalue weighted by atomic mass is 32.2. The zero-order valence-corrected chi connectivity index (χ0v) is 18.4. The van der Waals surface area contributed by atoms with E-state index < -0.39 is 32.7 Å². The molecular weight excluding hydrogens is 423 g/mol. The molecule has 168 valence electrons. The second kappa shape index (κ2) is 10.2. The van der Waals surface area contributed by atoms with Crippen molar-refractivity contribution < 1.29 is 22.3 Å². The van der Waals surface area contributed by atoms with Crippen molar-refractivity contribution >= 4 is 21.7 Å². The van der Waals surface area contributed by atoms with Crippen molar-refractivity contribution in [2.45, 2.75) is 31.3 Å². The lowest BCUT2D eigenvalue weighted by Gasteiger charge is -2.28. The summed E-state index contributed by atoms with van der Waals surface area (Å²) in [6, 6.07) is 7.69. The van der Waals surface area contributed by atoms with Crippen molar-refractivity contribution in [1.29, 1.82) is 0 Å². The fraction of sp³-hybridized carbons (Fsp3) is 0.429. The first-order valence-corrected chi connectivity index (χ1v) is 11.6. The first kappa shape index (κ1) is 23.1. The number of amides is 1. The molecule has 2 aromatic rings. The first-order chi connectivity index (χ1) is 14.8. The average molecular weight is 451 g/mol. The van der Waals surface area contributed by atoms with E-state index in [0.717, 1.165) is 36.6 Å². The summed E-state index contributed by atoms with van der Waals surface area (Å²) in [5, 5.41) is 2.77. The monoisotopic (exact) mass is 450 g/mol. The number of hydrogen-bond donors (Lipinski definition) is 2. The van der Waals surface area contributed by atoms with Crippen LogP contribution in [0.3, 0.4) is 0 Å². The Balaban J connectivity index is 1.67. The minimum absolute atomic E-state index is 0.212. The smallest absolute Gasteiger partial charge is 0.244 e. The predicted octanol–water partition coefficient (Wildman–Crippen LogP) is 1.68. The number of halogens is 1. The number of ether oxygens (including phenoxy) is 1. The zero-order chi connectivity index (χ0) is 22.4. The van der Waals surface area contributed by atoms with Crippen molar-refractivity contribution in [1.82, 2.24) is 15.0 Å². The molecule has 1 aromatic heterocycles. The Morgan fingerprint density at radius 1 is 1.23 bits per heavy atom. The summed E-state index contributed by atoms with van der Waals surface area (Å²) in [6.07, 6.45) is 1.67. The minimum Gasteiger partial charge on any atom is -0.378 e. The summed E-state index contributed by atoms with van der Waals surface area (Å²) in [7, 11) is -4.20. The number of aromatic nitrogens is 1. The Morgan fingerprint density at radius 3 is 2.61 bits per heavy atom. The van der Waals surface area contributed by atoms with Crippen LogP contribution in [0, 0.1) is 11.7 Å². The van der Waals surface area contributed by atoms with Gasteiger partial charge in [-0.1, -0.05) is 26.0 Å². The minimum atomic E-state index is -4.20. The molecule has 0 saturated carbocycles. The van der Waals surface area contributed by atoms with E-state index in [2.05, 4.69) is 19.9 Å². The molecule has 0 aliphatic carbocycles. The molecule has 0 unspecified atom stereocenters. The number of carbonyl (C=O) groups is 1. The summed E-state index contributed by atoms with van der Waals surface area (Å²) in [6.45, 7) is 6.42. The van der Waals surface area contributed by atoms with Crippen LogP contribution in [-0.4, -0.2) is 51.7 Å². The summed E-state index contributed by atoms with van der Waals surface area (Å²) in [5.41, 5.74) is 0.837. The number of nitrogens with zero attached hydrogens (tertiary/aromatic N) is 2. The Bertz CT molecular complexity index is 1010. The fourth-order valence-corrected chi connectivity index (χ4v) is 4.64. The van der Waals surface area contributed by atoms with E-state index in [4.69, 9.17) is 4.74 Å². The molecule has 31 heavy (non-hydrogen) atoms. The molecule has 2 heterocycles. The van der Waals surface area contributed by atoms with E-state index >= 15 is 0 Å². The Morgan fingerprint density at radius 2 is 1.94 bits per heavy atom. The molecule has 1 aliphatic heterocycles. The third kappa shape index (κ3) is 5.99. The topological polar surface area (TPSA) is 101 Å². The van der Waals surface area contributed by atoms with Gasteiger partial charge < -0.3 is 15.0 Å². The molecule has 2 N–H and O–H groups in total. The van der Waals surface area contributed by atoms with E-state index in [1.54, 1.807) is 26.1 Å². The number of anilines is 1. The highest BCUT2D eigenvalue weighted by Gasteiger charge is 2.29.